The van der Waals surface area contributed by atoms with Gasteiger partial charge in [-0.3, -0.25) is 0 Å². The first kappa shape index (κ1) is 11.5. The third kappa shape index (κ3) is 2.22. The zero-order valence-electron chi connectivity index (χ0n) is 11.0. The van der Waals surface area contributed by atoms with Gasteiger partial charge in [-0.15, -0.1) is 0 Å². The van der Waals surface area contributed by atoms with Crippen LogP contribution in [0.5, 0.6) is 0 Å². The van der Waals surface area contributed by atoms with Gasteiger partial charge in [0, 0.05) is 10.2 Å². The van der Waals surface area contributed by atoms with Crippen LogP contribution in [-0.2, 0) is 0 Å². The standard InChI is InChI=1S/C16H24Si/c17-15-11-5-10-14(12-6-1-2-7-12)16(15)13-8-3-4-9-13/h5,10-13H,1-4,6-9H2,17H3. The van der Waals surface area contributed by atoms with Crippen LogP contribution in [0.2, 0.25) is 0 Å². The van der Waals surface area contributed by atoms with Crippen LogP contribution in [-0.4, -0.2) is 10.2 Å². The van der Waals surface area contributed by atoms with Crippen molar-refractivity contribution < 1.29 is 0 Å². The summed E-state index contributed by atoms with van der Waals surface area (Å²) in [6.07, 6.45) is 11.7. The Morgan fingerprint density at radius 1 is 0.824 bits per heavy atom. The lowest BCUT2D eigenvalue weighted by Gasteiger charge is -2.22. The predicted molar refractivity (Wildman–Crippen MR) is 78.4 cm³/mol. The van der Waals surface area contributed by atoms with Crippen LogP contribution in [0.3, 0.4) is 0 Å². The Morgan fingerprint density at radius 2 is 1.41 bits per heavy atom. The maximum absolute atomic E-state index is 2.45. The zero-order chi connectivity index (χ0) is 11.7. The van der Waals surface area contributed by atoms with E-state index in [9.17, 15) is 0 Å². The van der Waals surface area contributed by atoms with Crippen molar-refractivity contribution >= 4 is 15.4 Å². The minimum absolute atomic E-state index is 0.902. The highest BCUT2D eigenvalue weighted by Gasteiger charge is 2.26. The molecule has 0 atom stereocenters. The summed E-state index contributed by atoms with van der Waals surface area (Å²) >= 11 is 0. The molecule has 0 N–H and O–H groups in total. The predicted octanol–water partition coefficient (Wildman–Crippen LogP) is 2.99. The molecule has 92 valence electrons. The maximum atomic E-state index is 2.45. The summed E-state index contributed by atoms with van der Waals surface area (Å²) in [4.78, 5) is 0. The molecule has 0 bridgehead atoms. The van der Waals surface area contributed by atoms with Gasteiger partial charge in [-0.2, -0.15) is 0 Å². The third-order valence-corrected chi connectivity index (χ3v) is 5.79. The van der Waals surface area contributed by atoms with Crippen molar-refractivity contribution in [2.24, 2.45) is 0 Å². The minimum Gasteiger partial charge on any atom is -0.0671 e. The molecule has 0 aliphatic heterocycles. The number of hydrogen-bond donors (Lipinski definition) is 0. The molecule has 0 aromatic heterocycles. The van der Waals surface area contributed by atoms with Crippen LogP contribution >= 0.6 is 0 Å². The van der Waals surface area contributed by atoms with Crippen LogP contribution in [0.15, 0.2) is 18.2 Å². The lowest BCUT2D eigenvalue weighted by molar-refractivity contribution is 0.668. The van der Waals surface area contributed by atoms with Gasteiger partial charge in [0.2, 0.25) is 0 Å². The van der Waals surface area contributed by atoms with Crippen molar-refractivity contribution in [3.63, 3.8) is 0 Å². The fourth-order valence-corrected chi connectivity index (χ4v) is 4.96. The molecule has 0 heterocycles. The third-order valence-electron chi connectivity index (χ3n) is 4.92. The Balaban J connectivity index is 1.98. The normalized spacial score (nSPS) is 22.6. The Morgan fingerprint density at radius 3 is 2.06 bits per heavy atom. The van der Waals surface area contributed by atoms with Gasteiger partial charge in [-0.05, 0) is 48.6 Å². The van der Waals surface area contributed by atoms with E-state index in [2.05, 4.69) is 18.2 Å². The smallest absolute Gasteiger partial charge is 0.0388 e. The minimum atomic E-state index is 0.902. The average molecular weight is 244 g/mol. The molecule has 0 spiro atoms. The fourth-order valence-electron chi connectivity index (χ4n) is 4.07. The summed E-state index contributed by atoms with van der Waals surface area (Å²) in [7, 11) is 1.23. The number of rotatable bonds is 2. The van der Waals surface area contributed by atoms with Crippen molar-refractivity contribution in [2.45, 2.75) is 63.2 Å². The lowest BCUT2D eigenvalue weighted by Crippen LogP contribution is -2.17. The first-order valence-corrected chi connectivity index (χ1v) is 8.45. The van der Waals surface area contributed by atoms with E-state index in [1.54, 1.807) is 10.8 Å². The van der Waals surface area contributed by atoms with Crippen LogP contribution in [0.1, 0.15) is 74.3 Å². The highest BCUT2D eigenvalue weighted by atomic mass is 28.1. The Kier molecular flexibility index (Phi) is 3.37. The number of hydrogen-bond acceptors (Lipinski definition) is 0. The van der Waals surface area contributed by atoms with E-state index in [1.807, 2.05) is 5.56 Å². The monoisotopic (exact) mass is 244 g/mol. The molecule has 1 aromatic rings. The maximum Gasteiger partial charge on any atom is 0.0388 e. The van der Waals surface area contributed by atoms with E-state index in [-0.39, 0.29) is 0 Å². The highest BCUT2D eigenvalue weighted by molar-refractivity contribution is 6.33. The molecule has 0 radical (unpaired) electrons. The van der Waals surface area contributed by atoms with E-state index in [0.717, 1.165) is 11.8 Å². The second-order valence-corrected chi connectivity index (χ2v) is 7.12. The van der Waals surface area contributed by atoms with Gasteiger partial charge < -0.3 is 0 Å². The van der Waals surface area contributed by atoms with Gasteiger partial charge in [0.05, 0.1) is 0 Å². The molecule has 0 amide bonds. The van der Waals surface area contributed by atoms with Crippen LogP contribution in [0.4, 0.5) is 0 Å². The van der Waals surface area contributed by atoms with Crippen LogP contribution in [0, 0.1) is 0 Å². The Bertz CT molecular complexity index is 385. The molecule has 0 nitrogen and oxygen atoms in total. The summed E-state index contributed by atoms with van der Waals surface area (Å²) < 4.78 is 0. The zero-order valence-corrected chi connectivity index (χ0v) is 13.0. The molecule has 2 aliphatic rings. The van der Waals surface area contributed by atoms with Gasteiger partial charge in [0.25, 0.3) is 0 Å². The van der Waals surface area contributed by atoms with Crippen molar-refractivity contribution in [1.29, 1.82) is 0 Å². The molecule has 1 aromatic carbocycles. The van der Waals surface area contributed by atoms with Gasteiger partial charge in [0.15, 0.2) is 0 Å². The van der Waals surface area contributed by atoms with Crippen molar-refractivity contribution in [1.82, 2.24) is 0 Å². The molecule has 2 fully saturated rings. The first-order valence-electron chi connectivity index (χ1n) is 7.45. The molecular formula is C16H24Si. The second kappa shape index (κ2) is 4.97. The van der Waals surface area contributed by atoms with Gasteiger partial charge >= 0.3 is 0 Å². The summed E-state index contributed by atoms with van der Waals surface area (Å²) in [6.45, 7) is 0. The highest BCUT2D eigenvalue weighted by Crippen LogP contribution is 2.41. The van der Waals surface area contributed by atoms with Crippen LogP contribution in [0.25, 0.3) is 0 Å². The summed E-state index contributed by atoms with van der Waals surface area (Å²) in [5.74, 6) is 1.82. The van der Waals surface area contributed by atoms with E-state index in [0.29, 0.717) is 0 Å². The number of benzene rings is 1. The molecular weight excluding hydrogens is 220 g/mol. The molecule has 2 saturated carbocycles. The average Bonchev–Trinajstić information content (AvgIpc) is 3.02. The fraction of sp³-hybridized carbons (Fsp3) is 0.625. The molecule has 2 aliphatic carbocycles. The van der Waals surface area contributed by atoms with Crippen molar-refractivity contribution in [2.75, 3.05) is 0 Å². The summed E-state index contributed by atoms with van der Waals surface area (Å²) in [5, 5.41) is 1.70. The molecule has 0 unspecified atom stereocenters. The van der Waals surface area contributed by atoms with E-state index in [4.69, 9.17) is 0 Å². The molecule has 0 saturated heterocycles. The molecule has 17 heavy (non-hydrogen) atoms. The summed E-state index contributed by atoms with van der Waals surface area (Å²) in [5.41, 5.74) is 3.56. The second-order valence-electron chi connectivity index (χ2n) is 6.04. The first-order chi connectivity index (χ1) is 8.36. The van der Waals surface area contributed by atoms with E-state index < -0.39 is 0 Å². The van der Waals surface area contributed by atoms with Crippen molar-refractivity contribution in [3.8, 4) is 0 Å². The van der Waals surface area contributed by atoms with Crippen LogP contribution < -0.4 is 5.19 Å². The largest absolute Gasteiger partial charge is 0.0671 e. The topological polar surface area (TPSA) is 0 Å². The lowest BCUT2D eigenvalue weighted by atomic mass is 9.85. The van der Waals surface area contributed by atoms with Gasteiger partial charge in [0.1, 0.15) is 0 Å². The van der Waals surface area contributed by atoms with Gasteiger partial charge in [-0.1, -0.05) is 49.1 Å². The van der Waals surface area contributed by atoms with Crippen molar-refractivity contribution in [3.05, 3.63) is 29.3 Å². The summed E-state index contributed by atoms with van der Waals surface area (Å²) in [6, 6.07) is 7.15. The van der Waals surface area contributed by atoms with E-state index >= 15 is 0 Å². The molecule has 3 rings (SSSR count). The Labute approximate surface area is 108 Å². The Hall–Kier alpha value is -0.563. The van der Waals surface area contributed by atoms with Gasteiger partial charge in [-0.25, -0.2) is 0 Å². The SMILES string of the molecule is [SiH3]c1cccc(C2CCCC2)c1C1CCCC1. The molecule has 1 heteroatoms. The quantitative estimate of drug-likeness (QED) is 0.702. The van der Waals surface area contributed by atoms with E-state index in [1.165, 1.54) is 61.6 Å².